The van der Waals surface area contributed by atoms with Crippen LogP contribution in [0.5, 0.6) is 0 Å². The van der Waals surface area contributed by atoms with Gasteiger partial charge in [-0.2, -0.15) is 0 Å². The molecule has 0 radical (unpaired) electrons. The Morgan fingerprint density at radius 3 is 1.26 bits per heavy atom. The van der Waals surface area contributed by atoms with E-state index in [1.165, 1.54) is 6.92 Å². The lowest BCUT2D eigenvalue weighted by Gasteiger charge is -2.06. The molecule has 0 aliphatic carbocycles. The van der Waals surface area contributed by atoms with Crippen LogP contribution < -0.4 is 34.4 Å². The van der Waals surface area contributed by atoms with E-state index in [4.69, 9.17) is 59.3 Å². The average molecular weight is 559 g/mol. The zero-order valence-electron chi connectivity index (χ0n) is 21.1. The maximum absolute atomic E-state index is 10.1. The van der Waals surface area contributed by atoms with E-state index in [1.807, 2.05) is 0 Å². The molecule has 0 saturated carbocycles. The molecule has 0 aromatic rings. The van der Waals surface area contributed by atoms with E-state index in [2.05, 4.69) is 5.73 Å². The van der Waals surface area contributed by atoms with Crippen molar-refractivity contribution in [2.75, 3.05) is 6.54 Å². The topological polar surface area (TPSA) is 380 Å². The molecule has 0 fully saturated rings. The lowest BCUT2D eigenvalue weighted by atomic mass is 10.1. The summed E-state index contributed by atoms with van der Waals surface area (Å²) in [6, 6.07) is -3.97. The van der Waals surface area contributed by atoms with Crippen molar-refractivity contribution in [3.05, 3.63) is 0 Å². The van der Waals surface area contributed by atoms with Crippen LogP contribution in [0.4, 0.5) is 0 Å². The molecule has 18 N–H and O–H groups in total. The van der Waals surface area contributed by atoms with E-state index in [0.717, 1.165) is 12.8 Å². The minimum atomic E-state index is -1.21. The fourth-order valence-electron chi connectivity index (χ4n) is 1.74. The quantitative estimate of drug-likeness (QED) is 0.0857. The van der Waals surface area contributed by atoms with Crippen molar-refractivity contribution in [2.24, 2.45) is 34.4 Å². The van der Waals surface area contributed by atoms with Gasteiger partial charge in [-0.25, -0.2) is 0 Å². The van der Waals surface area contributed by atoms with E-state index >= 15 is 0 Å². The average Bonchev–Trinajstić information content (AvgIpc) is 2.78. The van der Waals surface area contributed by atoms with Crippen LogP contribution in [0.3, 0.4) is 0 Å². The van der Waals surface area contributed by atoms with Gasteiger partial charge in [0.05, 0.1) is 12.5 Å². The number of aliphatic hydroxyl groups excluding tert-OH is 1. The zero-order valence-corrected chi connectivity index (χ0v) is 21.1. The van der Waals surface area contributed by atoms with Crippen molar-refractivity contribution >= 4 is 35.8 Å². The second-order valence-electron chi connectivity index (χ2n) is 7.68. The second kappa shape index (κ2) is 25.2. The number of carbonyl (C=O) groups is 6. The Hall–Kier alpha value is -3.42. The SMILES string of the molecule is C[C@H](O)[C@@H](N)C(=O)O.NC(=O)C[C@@H](N)C(=O)O.NCCCC[C@@H](N)C(=O)O.N[C@@H](CCCC(=O)O)C(=O)O. The molecule has 0 spiro atoms. The highest BCUT2D eigenvalue weighted by atomic mass is 16.4. The van der Waals surface area contributed by atoms with Gasteiger partial charge in [0.15, 0.2) is 0 Å². The molecule has 38 heavy (non-hydrogen) atoms. The summed E-state index contributed by atoms with van der Waals surface area (Å²) in [5, 5.41) is 49.4. The normalized spacial score (nSPS) is 13.7. The Morgan fingerprint density at radius 1 is 0.658 bits per heavy atom. The molecule has 18 heteroatoms. The van der Waals surface area contributed by atoms with Gasteiger partial charge in [-0.05, 0) is 39.2 Å². The highest BCUT2D eigenvalue weighted by Crippen LogP contribution is 1.98. The third-order valence-corrected chi connectivity index (χ3v) is 4.05. The molecule has 0 aliphatic rings. The van der Waals surface area contributed by atoms with E-state index in [1.54, 1.807) is 0 Å². The largest absolute Gasteiger partial charge is 0.481 e. The van der Waals surface area contributed by atoms with Crippen molar-refractivity contribution in [1.29, 1.82) is 0 Å². The fourth-order valence-corrected chi connectivity index (χ4v) is 1.74. The molecule has 5 atom stereocenters. The van der Waals surface area contributed by atoms with Gasteiger partial charge in [-0.3, -0.25) is 28.8 Å². The van der Waals surface area contributed by atoms with Gasteiger partial charge in [-0.15, -0.1) is 0 Å². The first-order valence-electron chi connectivity index (χ1n) is 11.1. The Morgan fingerprint density at radius 2 is 1.05 bits per heavy atom. The number of unbranched alkanes of at least 4 members (excludes halogenated alkanes) is 1. The first-order valence-corrected chi connectivity index (χ1v) is 11.1. The van der Waals surface area contributed by atoms with Crippen molar-refractivity contribution in [2.45, 2.75) is 82.1 Å². The number of hydrogen-bond donors (Lipinski definition) is 12. The van der Waals surface area contributed by atoms with Gasteiger partial charge in [0.1, 0.15) is 24.2 Å². The van der Waals surface area contributed by atoms with Crippen LogP contribution >= 0.6 is 0 Å². The van der Waals surface area contributed by atoms with Crippen LogP contribution in [-0.4, -0.2) is 103 Å². The lowest BCUT2D eigenvalue weighted by Crippen LogP contribution is -2.39. The molecule has 0 aliphatic heterocycles. The van der Waals surface area contributed by atoms with E-state index in [-0.39, 0.29) is 19.3 Å². The number of rotatable bonds is 15. The van der Waals surface area contributed by atoms with Crippen LogP contribution in [0, 0.1) is 0 Å². The summed E-state index contributed by atoms with van der Waals surface area (Å²) in [5.41, 5.74) is 30.0. The monoisotopic (exact) mass is 558 g/mol. The van der Waals surface area contributed by atoms with Crippen LogP contribution in [0.15, 0.2) is 0 Å². The first-order chi connectivity index (χ1) is 17.3. The number of hydrogen-bond acceptors (Lipinski definition) is 12. The fraction of sp³-hybridized carbons (Fsp3) is 0.700. The number of carboxylic acids is 5. The van der Waals surface area contributed by atoms with Crippen LogP contribution in [0.25, 0.3) is 0 Å². The van der Waals surface area contributed by atoms with Crippen molar-refractivity contribution in [1.82, 2.24) is 0 Å². The van der Waals surface area contributed by atoms with E-state index < -0.39 is 66.0 Å². The van der Waals surface area contributed by atoms with Crippen molar-refractivity contribution in [3.8, 4) is 0 Å². The molecule has 224 valence electrons. The Bertz CT molecular complexity index is 723. The van der Waals surface area contributed by atoms with E-state index in [9.17, 15) is 28.8 Å². The number of nitrogens with two attached hydrogens (primary N) is 6. The van der Waals surface area contributed by atoms with Gasteiger partial charge in [0.2, 0.25) is 5.91 Å². The molecular weight excluding hydrogens is 516 g/mol. The summed E-state index contributed by atoms with van der Waals surface area (Å²) < 4.78 is 0. The third-order valence-electron chi connectivity index (χ3n) is 4.05. The predicted octanol–water partition coefficient (Wildman–Crippen LogP) is -3.77. The molecule has 0 aromatic heterocycles. The third kappa shape index (κ3) is 32.6. The Kier molecular flexibility index (Phi) is 27.7. The lowest BCUT2D eigenvalue weighted by molar-refractivity contribution is -0.141. The highest BCUT2D eigenvalue weighted by molar-refractivity contribution is 5.83. The number of primary amides is 1. The van der Waals surface area contributed by atoms with Gasteiger partial charge < -0.3 is 65.0 Å². The van der Waals surface area contributed by atoms with Gasteiger partial charge >= 0.3 is 29.8 Å². The van der Waals surface area contributed by atoms with Crippen molar-refractivity contribution in [3.63, 3.8) is 0 Å². The number of aliphatic carboxylic acids is 5. The van der Waals surface area contributed by atoms with Gasteiger partial charge in [0.25, 0.3) is 0 Å². The molecule has 0 aromatic carbocycles. The molecule has 0 rings (SSSR count). The summed E-state index contributed by atoms with van der Waals surface area (Å²) in [7, 11) is 0. The molecule has 0 heterocycles. The number of amides is 1. The molecular formula is C20H42N6O12. The first kappa shape index (κ1) is 41.7. The molecule has 0 saturated heterocycles. The summed E-state index contributed by atoms with van der Waals surface area (Å²) in [4.78, 5) is 60.0. The molecule has 1 amide bonds. The maximum atomic E-state index is 10.1. The van der Waals surface area contributed by atoms with Crippen LogP contribution in [-0.2, 0) is 28.8 Å². The smallest absolute Gasteiger partial charge is 0.323 e. The molecule has 0 unspecified atom stereocenters. The number of carbonyl (C=O) groups excluding carboxylic acids is 1. The highest BCUT2D eigenvalue weighted by Gasteiger charge is 2.16. The number of carboxylic acid groups (broad SMARTS) is 5. The second-order valence-corrected chi connectivity index (χ2v) is 7.68. The maximum Gasteiger partial charge on any atom is 0.323 e. The summed E-state index contributed by atoms with van der Waals surface area (Å²) >= 11 is 0. The minimum Gasteiger partial charge on any atom is -0.481 e. The molecule has 0 bridgehead atoms. The standard InChI is InChI=1S/C6H14N2O2.C6H11NO4.C4H8N2O3.C4H9NO3/c7-4-2-1-3-5(8)6(9)10;7-4(6(10)11)2-1-3-5(8)9;5-2(4(8)9)1-3(6)7;1-2(6)3(5)4(7)8/h5H,1-4,7-8H2,(H,9,10);4H,1-3,7H2,(H,8,9)(H,10,11);2H,1,5H2,(H2,6,7)(H,8,9);2-3,6H,5H2,1H3,(H,7,8)/t5-;4-;2-;2-,3+/m1010/s1. The Labute approximate surface area is 218 Å². The zero-order chi connectivity index (χ0) is 31.0. The minimum absolute atomic E-state index is 0.0268. The van der Waals surface area contributed by atoms with Crippen LogP contribution in [0.2, 0.25) is 0 Å². The van der Waals surface area contributed by atoms with Crippen LogP contribution in [0.1, 0.15) is 51.9 Å². The molecule has 18 nitrogen and oxygen atoms in total. The predicted molar refractivity (Wildman–Crippen MR) is 132 cm³/mol. The summed E-state index contributed by atoms with van der Waals surface area (Å²) in [5.74, 6) is -6.05. The summed E-state index contributed by atoms with van der Waals surface area (Å²) in [6.07, 6.45) is 1.37. The number of aliphatic hydroxyl groups is 1. The Balaban J connectivity index is -0.000000204. The van der Waals surface area contributed by atoms with Gasteiger partial charge in [0, 0.05) is 6.42 Å². The van der Waals surface area contributed by atoms with Crippen molar-refractivity contribution < 1.29 is 59.4 Å². The van der Waals surface area contributed by atoms with E-state index in [0.29, 0.717) is 19.4 Å². The summed E-state index contributed by atoms with van der Waals surface area (Å²) in [6.45, 7) is 1.94. The van der Waals surface area contributed by atoms with Gasteiger partial charge in [-0.1, -0.05) is 6.42 Å².